The zero-order chi connectivity index (χ0) is 20.0. The first kappa shape index (κ1) is 26.8. The molecule has 0 aromatic heterocycles. The van der Waals surface area contributed by atoms with E-state index in [1.165, 1.54) is 0 Å². The van der Waals surface area contributed by atoms with E-state index >= 15 is 0 Å². The summed E-state index contributed by atoms with van der Waals surface area (Å²) in [4.78, 5) is 14.3. The first-order chi connectivity index (χ1) is 13.4. The van der Waals surface area contributed by atoms with Gasteiger partial charge in [0, 0.05) is 38.8 Å². The summed E-state index contributed by atoms with van der Waals surface area (Å²) in [6.07, 6.45) is 1.64. The molecule has 2 aliphatic rings. The molecule has 0 spiro atoms. The van der Waals surface area contributed by atoms with Gasteiger partial charge in [0.25, 0.3) is 5.92 Å². The van der Waals surface area contributed by atoms with Gasteiger partial charge in [-0.15, -0.1) is 24.8 Å². The maximum absolute atomic E-state index is 13.2. The van der Waals surface area contributed by atoms with Crippen LogP contribution >= 0.6 is 24.8 Å². The summed E-state index contributed by atoms with van der Waals surface area (Å²) >= 11 is 0. The lowest BCUT2D eigenvalue weighted by Crippen LogP contribution is -2.40. The third-order valence-corrected chi connectivity index (χ3v) is 5.32. The van der Waals surface area contributed by atoms with Crippen LogP contribution in [-0.4, -0.2) is 68.8 Å². The summed E-state index contributed by atoms with van der Waals surface area (Å²) in [5.74, 6) is -2.48. The topological polar surface area (TPSA) is 62.8 Å². The third kappa shape index (κ3) is 8.15. The summed E-state index contributed by atoms with van der Waals surface area (Å²) < 4.78 is 37.6. The molecule has 30 heavy (non-hydrogen) atoms. The Bertz CT molecular complexity index is 664. The fourth-order valence-electron chi connectivity index (χ4n) is 3.57. The third-order valence-electron chi connectivity index (χ3n) is 5.32. The van der Waals surface area contributed by atoms with Crippen LogP contribution in [0.3, 0.4) is 0 Å². The molecule has 0 radical (unpaired) electrons. The molecule has 1 aromatic carbocycles. The molecule has 10 heteroatoms. The van der Waals surface area contributed by atoms with Crippen molar-refractivity contribution in [3.63, 3.8) is 0 Å². The van der Waals surface area contributed by atoms with Crippen LogP contribution in [0.15, 0.2) is 24.3 Å². The van der Waals surface area contributed by atoms with E-state index in [1.807, 2.05) is 24.3 Å². The van der Waals surface area contributed by atoms with Crippen molar-refractivity contribution in [2.45, 2.75) is 43.8 Å². The number of nitrogens with zero attached hydrogens (tertiary/aromatic N) is 1. The van der Waals surface area contributed by atoms with Gasteiger partial charge in [-0.3, -0.25) is 15.0 Å². The second-order valence-electron chi connectivity index (χ2n) is 7.53. The van der Waals surface area contributed by atoms with Crippen molar-refractivity contribution in [2.75, 3.05) is 40.0 Å². The van der Waals surface area contributed by atoms with Crippen molar-refractivity contribution in [3.8, 4) is 5.75 Å². The maximum Gasteiger partial charge on any atom is 0.262 e. The number of ether oxygens (including phenoxy) is 2. The average Bonchev–Trinajstić information content (AvgIpc) is 3.07. The fraction of sp³-hybridized carbons (Fsp3) is 0.650. The maximum atomic E-state index is 13.2. The first-order valence-electron chi connectivity index (χ1n) is 9.82. The predicted molar refractivity (Wildman–Crippen MR) is 116 cm³/mol. The van der Waals surface area contributed by atoms with E-state index in [0.717, 1.165) is 43.9 Å². The van der Waals surface area contributed by atoms with Gasteiger partial charge in [0.1, 0.15) is 12.4 Å². The molecular weight excluding hydrogens is 439 g/mol. The van der Waals surface area contributed by atoms with Gasteiger partial charge in [0.05, 0.1) is 12.6 Å². The van der Waals surface area contributed by atoms with E-state index in [9.17, 15) is 13.6 Å². The van der Waals surface area contributed by atoms with Crippen LogP contribution in [0.1, 0.15) is 24.8 Å². The molecule has 2 N–H and O–H groups in total. The van der Waals surface area contributed by atoms with Crippen molar-refractivity contribution in [1.29, 1.82) is 0 Å². The first-order valence-corrected chi connectivity index (χ1v) is 9.82. The molecule has 0 aliphatic carbocycles. The summed E-state index contributed by atoms with van der Waals surface area (Å²) in [5, 5.41) is 5.27. The van der Waals surface area contributed by atoms with Crippen LogP contribution < -0.4 is 15.4 Å². The highest BCUT2D eigenvalue weighted by molar-refractivity contribution is 5.85. The van der Waals surface area contributed by atoms with Crippen LogP contribution in [0.4, 0.5) is 8.78 Å². The van der Waals surface area contributed by atoms with Gasteiger partial charge in [-0.25, -0.2) is 8.78 Å². The minimum atomic E-state index is -2.81. The molecule has 172 valence electrons. The van der Waals surface area contributed by atoms with E-state index in [1.54, 1.807) is 0 Å². The zero-order valence-corrected chi connectivity index (χ0v) is 18.7. The van der Waals surface area contributed by atoms with Gasteiger partial charge in [0.2, 0.25) is 5.91 Å². The Balaban J connectivity index is 0.00000225. The molecule has 1 unspecified atom stereocenters. The predicted octanol–water partition coefficient (Wildman–Crippen LogP) is 2.63. The van der Waals surface area contributed by atoms with E-state index in [4.69, 9.17) is 9.47 Å². The van der Waals surface area contributed by atoms with Crippen molar-refractivity contribution in [1.82, 2.24) is 15.5 Å². The highest BCUT2D eigenvalue weighted by Gasteiger charge is 2.42. The zero-order valence-electron chi connectivity index (χ0n) is 17.1. The summed E-state index contributed by atoms with van der Waals surface area (Å²) in [6.45, 7) is 2.87. The largest absolute Gasteiger partial charge is 0.492 e. The molecule has 0 bridgehead atoms. The monoisotopic (exact) mass is 469 g/mol. The minimum Gasteiger partial charge on any atom is -0.492 e. The number of alkyl halides is 2. The highest BCUT2D eigenvalue weighted by Crippen LogP contribution is 2.25. The van der Waals surface area contributed by atoms with Gasteiger partial charge in [-0.05, 0) is 37.6 Å². The number of amides is 1. The minimum absolute atomic E-state index is 0. The van der Waals surface area contributed by atoms with Crippen LogP contribution in [0.5, 0.6) is 5.75 Å². The van der Waals surface area contributed by atoms with E-state index in [0.29, 0.717) is 12.6 Å². The molecule has 1 atom stereocenters. The Morgan fingerprint density at radius 2 is 2.07 bits per heavy atom. The Morgan fingerprint density at radius 1 is 1.33 bits per heavy atom. The van der Waals surface area contributed by atoms with Crippen LogP contribution in [0.25, 0.3) is 0 Å². The van der Waals surface area contributed by atoms with E-state index in [2.05, 4.69) is 22.6 Å². The van der Waals surface area contributed by atoms with Gasteiger partial charge in [-0.1, -0.05) is 12.1 Å². The summed E-state index contributed by atoms with van der Waals surface area (Å²) in [6, 6.07) is 7.18. The molecule has 1 amide bonds. The highest BCUT2D eigenvalue weighted by atomic mass is 35.5. The van der Waals surface area contributed by atoms with Crippen LogP contribution in [-0.2, 0) is 16.1 Å². The number of carbonyl (C=O) groups excluding carboxylic acids is 1. The lowest BCUT2D eigenvalue weighted by atomic mass is 10.1. The number of nitrogens with one attached hydrogen (secondary N) is 2. The van der Waals surface area contributed by atoms with Gasteiger partial charge in [0.15, 0.2) is 0 Å². The van der Waals surface area contributed by atoms with Crippen molar-refractivity contribution in [2.24, 2.45) is 0 Å². The molecule has 6 nitrogen and oxygen atoms in total. The Morgan fingerprint density at radius 3 is 2.73 bits per heavy atom. The molecule has 2 fully saturated rings. The number of benzene rings is 1. The fourth-order valence-corrected chi connectivity index (χ4v) is 3.57. The molecule has 2 heterocycles. The quantitative estimate of drug-likeness (QED) is 0.612. The van der Waals surface area contributed by atoms with Crippen molar-refractivity contribution >= 4 is 30.7 Å². The van der Waals surface area contributed by atoms with Crippen molar-refractivity contribution in [3.05, 3.63) is 29.8 Å². The smallest absolute Gasteiger partial charge is 0.262 e. The molecular formula is C20H31Cl2F2N3O3. The lowest BCUT2D eigenvalue weighted by Gasteiger charge is -2.31. The molecule has 1 aromatic rings. The molecule has 2 aliphatic heterocycles. The van der Waals surface area contributed by atoms with Gasteiger partial charge >= 0.3 is 0 Å². The number of halogens is 4. The second-order valence-corrected chi connectivity index (χ2v) is 7.53. The summed E-state index contributed by atoms with van der Waals surface area (Å²) in [7, 11) is 2.10. The van der Waals surface area contributed by atoms with Crippen molar-refractivity contribution < 1.29 is 23.0 Å². The standard InChI is InChI=1S/C20H29F2N3O3.2ClH/c1-25(16-5-8-27-9-6-16)7-10-28-17-4-2-3-15(11-17)13-23-19(26)18-12-20(21,22)14-24-18;;/h2-4,11,16,18,24H,5-10,12-14H2,1H3,(H,23,26);2*1H. The number of likely N-dealkylation sites (N-methyl/N-ethyl adjacent to an activating group) is 1. The molecule has 3 rings (SSSR count). The van der Waals surface area contributed by atoms with E-state index < -0.39 is 30.8 Å². The number of rotatable bonds is 8. The Kier molecular flexibility index (Phi) is 11.3. The number of carbonyl (C=O) groups is 1. The SMILES string of the molecule is CN(CCOc1cccc(CNC(=O)C2CC(F)(F)CN2)c1)C1CCOCC1.Cl.Cl. The number of hydrogen-bond donors (Lipinski definition) is 2. The summed E-state index contributed by atoms with van der Waals surface area (Å²) in [5.41, 5.74) is 0.869. The average molecular weight is 470 g/mol. The van der Waals surface area contributed by atoms with Gasteiger partial charge < -0.3 is 14.8 Å². The lowest BCUT2D eigenvalue weighted by molar-refractivity contribution is -0.123. The number of hydrogen-bond acceptors (Lipinski definition) is 5. The molecule has 2 saturated heterocycles. The van der Waals surface area contributed by atoms with Crippen LogP contribution in [0, 0.1) is 0 Å². The Labute approximate surface area is 188 Å². The Hall–Kier alpha value is -1.19. The normalized spacial score (nSPS) is 20.9. The second kappa shape index (κ2) is 12.6. The molecule has 0 saturated carbocycles. The van der Waals surface area contributed by atoms with E-state index in [-0.39, 0.29) is 31.4 Å². The van der Waals surface area contributed by atoms with Crippen LogP contribution in [0.2, 0.25) is 0 Å². The van der Waals surface area contributed by atoms with Gasteiger partial charge in [-0.2, -0.15) is 0 Å².